The van der Waals surface area contributed by atoms with Gasteiger partial charge in [-0.15, -0.1) is 0 Å². The number of hydrogen-bond donors (Lipinski definition) is 1. The average Bonchev–Trinajstić information content (AvgIpc) is 2.54. The lowest BCUT2D eigenvalue weighted by Crippen LogP contribution is -2.17. The minimum atomic E-state index is -0.334. The number of carbonyl (C=O) groups excluding carboxylic acids is 1. The molecule has 2 aromatic carbocycles. The third-order valence-corrected chi connectivity index (χ3v) is 3.11. The topological polar surface area (TPSA) is 59.9 Å². The molecule has 0 spiro atoms. The summed E-state index contributed by atoms with van der Waals surface area (Å²) >= 11 is 5.84. The Bertz CT molecular complexity index is 702. The number of amides is 1. The van der Waals surface area contributed by atoms with E-state index < -0.39 is 0 Å². The standard InChI is InChI=1S/C16H15ClN2O3/c1-21-14-7-6-11(8-15(14)22-2)10-18-19-16(20)12-4-3-5-13(17)9-12/h3-10H,1-2H3,(H,19,20)/b18-10+. The van der Waals surface area contributed by atoms with Gasteiger partial charge in [0.2, 0.25) is 0 Å². The fourth-order valence-electron chi connectivity index (χ4n) is 1.79. The molecule has 0 unspecified atom stereocenters. The summed E-state index contributed by atoms with van der Waals surface area (Å²) in [5, 5.41) is 4.41. The third-order valence-electron chi connectivity index (χ3n) is 2.87. The molecule has 0 aromatic heterocycles. The van der Waals surface area contributed by atoms with E-state index in [1.807, 2.05) is 0 Å². The molecule has 0 aliphatic carbocycles. The maximum Gasteiger partial charge on any atom is 0.271 e. The number of nitrogens with one attached hydrogen (secondary N) is 1. The molecule has 1 amide bonds. The molecule has 2 rings (SSSR count). The Kier molecular flexibility index (Phi) is 5.38. The van der Waals surface area contributed by atoms with Gasteiger partial charge in [0, 0.05) is 10.6 Å². The van der Waals surface area contributed by atoms with Gasteiger partial charge in [0.1, 0.15) is 0 Å². The lowest BCUT2D eigenvalue weighted by atomic mass is 10.2. The number of hydrogen-bond acceptors (Lipinski definition) is 4. The van der Waals surface area contributed by atoms with Crippen molar-refractivity contribution in [2.75, 3.05) is 14.2 Å². The summed E-state index contributed by atoms with van der Waals surface area (Å²) in [5.41, 5.74) is 3.65. The van der Waals surface area contributed by atoms with E-state index in [-0.39, 0.29) is 5.91 Å². The lowest BCUT2D eigenvalue weighted by Gasteiger charge is -2.07. The molecule has 2 aromatic rings. The molecule has 0 radical (unpaired) electrons. The maximum absolute atomic E-state index is 11.9. The van der Waals surface area contributed by atoms with Gasteiger partial charge in [0.25, 0.3) is 5.91 Å². The highest BCUT2D eigenvalue weighted by Gasteiger charge is 2.05. The molecule has 6 heteroatoms. The summed E-state index contributed by atoms with van der Waals surface area (Å²) in [4.78, 5) is 11.9. The Morgan fingerprint density at radius 2 is 1.91 bits per heavy atom. The molecule has 0 fully saturated rings. The van der Waals surface area contributed by atoms with Crippen LogP contribution < -0.4 is 14.9 Å². The first-order chi connectivity index (χ1) is 10.6. The number of halogens is 1. The van der Waals surface area contributed by atoms with Gasteiger partial charge in [-0.1, -0.05) is 17.7 Å². The first-order valence-electron chi connectivity index (χ1n) is 6.45. The molecular formula is C16H15ClN2O3. The van der Waals surface area contributed by atoms with Crippen molar-refractivity contribution in [2.24, 2.45) is 5.10 Å². The summed E-state index contributed by atoms with van der Waals surface area (Å²) < 4.78 is 10.3. The van der Waals surface area contributed by atoms with Gasteiger partial charge in [0.15, 0.2) is 11.5 Å². The Labute approximate surface area is 133 Å². The Morgan fingerprint density at radius 3 is 2.59 bits per heavy atom. The molecule has 0 atom stereocenters. The van der Waals surface area contributed by atoms with Crippen LogP contribution in [0.4, 0.5) is 0 Å². The number of nitrogens with zero attached hydrogens (tertiary/aromatic N) is 1. The SMILES string of the molecule is COc1ccc(/C=N/NC(=O)c2cccc(Cl)c2)cc1OC. The van der Waals surface area contributed by atoms with Crippen molar-refractivity contribution in [1.82, 2.24) is 5.43 Å². The van der Waals surface area contributed by atoms with Crippen LogP contribution in [0.1, 0.15) is 15.9 Å². The van der Waals surface area contributed by atoms with E-state index in [4.69, 9.17) is 21.1 Å². The average molecular weight is 319 g/mol. The molecular weight excluding hydrogens is 304 g/mol. The van der Waals surface area contributed by atoms with Crippen LogP contribution in [0.3, 0.4) is 0 Å². The minimum Gasteiger partial charge on any atom is -0.493 e. The van der Waals surface area contributed by atoms with Crippen LogP contribution in [0.5, 0.6) is 11.5 Å². The van der Waals surface area contributed by atoms with E-state index in [9.17, 15) is 4.79 Å². The Morgan fingerprint density at radius 1 is 1.14 bits per heavy atom. The number of methoxy groups -OCH3 is 2. The summed E-state index contributed by atoms with van der Waals surface area (Å²) in [6.07, 6.45) is 1.52. The van der Waals surface area contributed by atoms with E-state index in [0.717, 1.165) is 5.56 Å². The van der Waals surface area contributed by atoms with E-state index >= 15 is 0 Å². The zero-order valence-electron chi connectivity index (χ0n) is 12.2. The second-order valence-corrected chi connectivity index (χ2v) is 4.76. The number of rotatable bonds is 5. The monoisotopic (exact) mass is 318 g/mol. The molecule has 22 heavy (non-hydrogen) atoms. The quantitative estimate of drug-likeness (QED) is 0.680. The number of benzene rings is 2. The first kappa shape index (κ1) is 15.9. The second-order valence-electron chi connectivity index (χ2n) is 4.32. The van der Waals surface area contributed by atoms with Gasteiger partial charge >= 0.3 is 0 Å². The highest BCUT2D eigenvalue weighted by molar-refractivity contribution is 6.30. The van der Waals surface area contributed by atoms with Crippen LogP contribution in [-0.2, 0) is 0 Å². The van der Waals surface area contributed by atoms with Crippen molar-refractivity contribution in [3.8, 4) is 11.5 Å². The predicted octanol–water partition coefficient (Wildman–Crippen LogP) is 3.12. The normalized spacial score (nSPS) is 10.5. The summed E-state index contributed by atoms with van der Waals surface area (Å²) in [7, 11) is 3.12. The van der Waals surface area contributed by atoms with Crippen LogP contribution in [-0.4, -0.2) is 26.3 Å². The molecule has 5 nitrogen and oxygen atoms in total. The molecule has 0 aliphatic rings. The number of hydrazone groups is 1. The Hall–Kier alpha value is -2.53. The second kappa shape index (κ2) is 7.47. The van der Waals surface area contributed by atoms with Crippen LogP contribution in [0.25, 0.3) is 0 Å². The summed E-state index contributed by atoms with van der Waals surface area (Å²) in [6, 6.07) is 12.0. The maximum atomic E-state index is 11.9. The molecule has 0 bridgehead atoms. The predicted molar refractivity (Wildman–Crippen MR) is 86.1 cm³/mol. The van der Waals surface area contributed by atoms with Crippen LogP contribution in [0.15, 0.2) is 47.6 Å². The van der Waals surface area contributed by atoms with E-state index in [1.54, 1.807) is 56.7 Å². The van der Waals surface area contributed by atoms with Crippen molar-refractivity contribution in [3.63, 3.8) is 0 Å². The van der Waals surface area contributed by atoms with Gasteiger partial charge < -0.3 is 9.47 Å². The molecule has 0 saturated heterocycles. The van der Waals surface area contributed by atoms with Crippen LogP contribution >= 0.6 is 11.6 Å². The summed E-state index contributed by atoms with van der Waals surface area (Å²) in [5.74, 6) is 0.884. The van der Waals surface area contributed by atoms with Crippen LogP contribution in [0, 0.1) is 0 Å². The third kappa shape index (κ3) is 3.99. The number of ether oxygens (including phenoxy) is 2. The number of carbonyl (C=O) groups is 1. The van der Waals surface area contributed by atoms with Crippen LogP contribution in [0.2, 0.25) is 5.02 Å². The van der Waals surface area contributed by atoms with Gasteiger partial charge in [-0.2, -0.15) is 5.10 Å². The molecule has 1 N–H and O–H groups in total. The highest BCUT2D eigenvalue weighted by Crippen LogP contribution is 2.26. The highest BCUT2D eigenvalue weighted by atomic mass is 35.5. The smallest absolute Gasteiger partial charge is 0.271 e. The fourth-order valence-corrected chi connectivity index (χ4v) is 1.98. The minimum absolute atomic E-state index is 0.334. The van der Waals surface area contributed by atoms with Gasteiger partial charge in [-0.25, -0.2) is 5.43 Å². The van der Waals surface area contributed by atoms with Crippen molar-refractivity contribution in [1.29, 1.82) is 0 Å². The fraction of sp³-hybridized carbons (Fsp3) is 0.125. The van der Waals surface area contributed by atoms with E-state index in [1.165, 1.54) is 6.21 Å². The zero-order chi connectivity index (χ0) is 15.9. The van der Waals surface area contributed by atoms with Gasteiger partial charge in [0.05, 0.1) is 20.4 Å². The van der Waals surface area contributed by atoms with Crippen molar-refractivity contribution < 1.29 is 14.3 Å². The molecule has 0 aliphatic heterocycles. The van der Waals surface area contributed by atoms with E-state index in [2.05, 4.69) is 10.5 Å². The van der Waals surface area contributed by atoms with E-state index in [0.29, 0.717) is 22.1 Å². The molecule has 0 saturated carbocycles. The summed E-state index contributed by atoms with van der Waals surface area (Å²) in [6.45, 7) is 0. The molecule has 114 valence electrons. The largest absolute Gasteiger partial charge is 0.493 e. The van der Waals surface area contributed by atoms with Crippen molar-refractivity contribution in [2.45, 2.75) is 0 Å². The van der Waals surface area contributed by atoms with Gasteiger partial charge in [-0.05, 0) is 42.0 Å². The van der Waals surface area contributed by atoms with Gasteiger partial charge in [-0.3, -0.25) is 4.79 Å². The van der Waals surface area contributed by atoms with Crippen molar-refractivity contribution >= 4 is 23.7 Å². The lowest BCUT2D eigenvalue weighted by molar-refractivity contribution is 0.0955. The molecule has 0 heterocycles. The Balaban J connectivity index is 2.05. The first-order valence-corrected chi connectivity index (χ1v) is 6.83. The zero-order valence-corrected chi connectivity index (χ0v) is 12.9. The van der Waals surface area contributed by atoms with Crippen molar-refractivity contribution in [3.05, 3.63) is 58.6 Å².